The second kappa shape index (κ2) is 17.3. The number of allylic oxidation sites excluding steroid dienone is 1. The fourth-order valence-electron chi connectivity index (χ4n) is 8.69. The number of phenols is 1. The highest BCUT2D eigenvalue weighted by Gasteiger charge is 2.39. The van der Waals surface area contributed by atoms with E-state index in [1.54, 1.807) is 23.1 Å². The number of phenolic OH excluding ortho intramolecular Hbond substituents is 1. The van der Waals surface area contributed by atoms with Gasteiger partial charge in [0.1, 0.15) is 36.1 Å². The Bertz CT molecular complexity index is 2090. The minimum absolute atomic E-state index is 0.0361. The maximum atomic E-state index is 13.0. The molecule has 3 saturated heterocycles. The molecule has 0 aliphatic carbocycles. The molecule has 3 fully saturated rings. The van der Waals surface area contributed by atoms with E-state index in [1.165, 1.54) is 11.1 Å². The number of ether oxygens (including phenoxy) is 2. The summed E-state index contributed by atoms with van der Waals surface area (Å²) in [7, 11) is 0. The van der Waals surface area contributed by atoms with Crippen LogP contribution in [0.3, 0.4) is 0 Å². The average Bonchev–Trinajstić information content (AvgIpc) is 3.56. The van der Waals surface area contributed by atoms with Crippen LogP contribution in [0.2, 0.25) is 0 Å². The number of piperazine rings is 1. The highest BCUT2D eigenvalue weighted by atomic mass is 16.5. The van der Waals surface area contributed by atoms with Crippen LogP contribution in [0, 0.1) is 0 Å². The predicted octanol–water partition coefficient (Wildman–Crippen LogP) is 5.68. The quantitative estimate of drug-likeness (QED) is 0.124. The standard InChI is InChI=1S/C46H51N5O6/c1-2-39(31-6-4-3-5-7-31)44(32-8-13-36(52)14-9-32)33-10-15-37(16-11-33)57-43-21-12-35(29-47-43)50-24-22-49(23-25-50)26-27-56-38-17-18-40-34(28-38)30-51(46(40)55)41-19-20-42(53)48-45(41)54/h3-11,13-18,28,35,41,43,47,52H,2,12,19-27,29-30H2,1H3,(H,48,53,54)/b44-39-. The van der Waals surface area contributed by atoms with Gasteiger partial charge in [-0.3, -0.25) is 34.8 Å². The number of fused-ring (bicyclic) bond motifs is 1. The summed E-state index contributed by atoms with van der Waals surface area (Å²) in [5.74, 6) is 0.948. The van der Waals surface area contributed by atoms with Crippen molar-refractivity contribution in [2.45, 2.75) is 63.9 Å². The van der Waals surface area contributed by atoms with Crippen LogP contribution in [0.25, 0.3) is 11.1 Å². The van der Waals surface area contributed by atoms with E-state index in [2.05, 4.69) is 75.9 Å². The topological polar surface area (TPSA) is 124 Å². The third-order valence-corrected chi connectivity index (χ3v) is 11.8. The van der Waals surface area contributed by atoms with Gasteiger partial charge in [-0.1, -0.05) is 61.5 Å². The average molecular weight is 770 g/mol. The van der Waals surface area contributed by atoms with E-state index in [0.29, 0.717) is 31.2 Å². The number of hydrogen-bond acceptors (Lipinski definition) is 9. The fraction of sp³-hybridized carbons (Fsp3) is 0.370. The van der Waals surface area contributed by atoms with Crippen molar-refractivity contribution in [3.63, 3.8) is 0 Å². The van der Waals surface area contributed by atoms with E-state index in [4.69, 9.17) is 9.47 Å². The number of carbonyl (C=O) groups excluding carboxylic acids is 3. The molecule has 0 aromatic heterocycles. The Labute approximate surface area is 334 Å². The van der Waals surface area contributed by atoms with Crippen molar-refractivity contribution in [3.8, 4) is 17.2 Å². The number of piperidine rings is 2. The molecule has 0 spiro atoms. The number of aromatic hydroxyl groups is 1. The molecule has 4 heterocycles. The molecule has 11 nitrogen and oxygen atoms in total. The first kappa shape index (κ1) is 38.4. The van der Waals surface area contributed by atoms with Crippen LogP contribution in [0.1, 0.15) is 71.6 Å². The van der Waals surface area contributed by atoms with Gasteiger partial charge < -0.3 is 19.5 Å². The monoisotopic (exact) mass is 769 g/mol. The molecule has 296 valence electrons. The number of rotatable bonds is 12. The first-order valence-corrected chi connectivity index (χ1v) is 20.3. The molecule has 4 aromatic rings. The van der Waals surface area contributed by atoms with Crippen LogP contribution >= 0.6 is 0 Å². The summed E-state index contributed by atoms with van der Waals surface area (Å²) >= 11 is 0. The van der Waals surface area contributed by atoms with Crippen molar-refractivity contribution < 1.29 is 29.0 Å². The zero-order valence-electron chi connectivity index (χ0n) is 32.5. The van der Waals surface area contributed by atoms with E-state index in [-0.39, 0.29) is 30.2 Å². The molecule has 0 bridgehead atoms. The molecule has 11 heteroatoms. The van der Waals surface area contributed by atoms with E-state index < -0.39 is 11.9 Å². The molecule has 3 N–H and O–H groups in total. The lowest BCUT2D eigenvalue weighted by Gasteiger charge is -2.42. The molecule has 4 aliphatic rings. The Balaban J connectivity index is 0.784. The van der Waals surface area contributed by atoms with E-state index in [9.17, 15) is 19.5 Å². The van der Waals surface area contributed by atoms with Crippen LogP contribution in [0.4, 0.5) is 0 Å². The molecule has 3 unspecified atom stereocenters. The number of carbonyl (C=O) groups is 3. The van der Waals surface area contributed by atoms with E-state index in [0.717, 1.165) is 92.3 Å². The molecule has 0 radical (unpaired) electrons. The van der Waals surface area contributed by atoms with Gasteiger partial charge in [-0.25, -0.2) is 0 Å². The summed E-state index contributed by atoms with van der Waals surface area (Å²) in [5, 5.41) is 16.0. The number of imide groups is 1. The van der Waals surface area contributed by atoms with Crippen LogP contribution in [-0.4, -0.2) is 102 Å². The van der Waals surface area contributed by atoms with Gasteiger partial charge >= 0.3 is 0 Å². The van der Waals surface area contributed by atoms with Crippen molar-refractivity contribution in [2.24, 2.45) is 0 Å². The van der Waals surface area contributed by atoms with Crippen LogP contribution in [-0.2, 0) is 16.1 Å². The van der Waals surface area contributed by atoms with Crippen molar-refractivity contribution in [3.05, 3.63) is 125 Å². The lowest BCUT2D eigenvalue weighted by atomic mass is 9.88. The van der Waals surface area contributed by atoms with E-state index in [1.807, 2.05) is 30.3 Å². The summed E-state index contributed by atoms with van der Waals surface area (Å²) in [6.07, 6.45) is 3.43. The van der Waals surface area contributed by atoms with Crippen LogP contribution in [0.5, 0.6) is 17.2 Å². The fourth-order valence-corrected chi connectivity index (χ4v) is 8.69. The molecule has 0 saturated carbocycles. The Morgan fingerprint density at radius 2 is 1.53 bits per heavy atom. The number of benzene rings is 4. The zero-order chi connectivity index (χ0) is 39.3. The number of nitrogens with one attached hydrogen (secondary N) is 2. The van der Waals surface area contributed by atoms with Gasteiger partial charge in [-0.15, -0.1) is 0 Å². The van der Waals surface area contributed by atoms with Crippen LogP contribution in [0.15, 0.2) is 97.1 Å². The molecule has 3 atom stereocenters. The van der Waals surface area contributed by atoms with Gasteiger partial charge in [0, 0.05) is 63.8 Å². The highest BCUT2D eigenvalue weighted by molar-refractivity contribution is 6.05. The maximum absolute atomic E-state index is 13.0. The Morgan fingerprint density at radius 1 is 0.807 bits per heavy atom. The molecule has 8 rings (SSSR count). The molecule has 4 aromatic carbocycles. The highest BCUT2D eigenvalue weighted by Crippen LogP contribution is 2.36. The minimum atomic E-state index is -0.621. The SMILES string of the molecule is CC/C(=C(\c1ccc(O)cc1)c1ccc(OC2CCC(N3CCN(CCOc4ccc5c(c4)CN(C4CCC(=O)NC4=O)C5=O)CC3)CN2)cc1)c1ccccc1. The third-order valence-electron chi connectivity index (χ3n) is 11.8. The Kier molecular flexibility index (Phi) is 11.7. The third kappa shape index (κ3) is 8.76. The summed E-state index contributed by atoms with van der Waals surface area (Å²) < 4.78 is 12.6. The van der Waals surface area contributed by atoms with Gasteiger partial charge in [0.2, 0.25) is 11.8 Å². The maximum Gasteiger partial charge on any atom is 0.255 e. The smallest absolute Gasteiger partial charge is 0.255 e. The second-order valence-corrected chi connectivity index (χ2v) is 15.3. The van der Waals surface area contributed by atoms with Crippen molar-refractivity contribution >= 4 is 28.9 Å². The van der Waals surface area contributed by atoms with Gasteiger partial charge in [0.25, 0.3) is 5.91 Å². The minimum Gasteiger partial charge on any atom is -0.508 e. The zero-order valence-corrected chi connectivity index (χ0v) is 32.5. The molecular formula is C46H51N5O6. The first-order chi connectivity index (χ1) is 27.8. The van der Waals surface area contributed by atoms with Gasteiger partial charge in [0.05, 0.1) is 0 Å². The lowest BCUT2D eigenvalue weighted by Crippen LogP contribution is -2.56. The normalized spacial score (nSPS) is 22.2. The summed E-state index contributed by atoms with van der Waals surface area (Å²) in [6.45, 7) is 8.77. The largest absolute Gasteiger partial charge is 0.508 e. The van der Waals surface area contributed by atoms with E-state index >= 15 is 0 Å². The van der Waals surface area contributed by atoms with Gasteiger partial charge in [-0.2, -0.15) is 0 Å². The van der Waals surface area contributed by atoms with Gasteiger partial charge in [-0.05, 0) is 102 Å². The van der Waals surface area contributed by atoms with Crippen molar-refractivity contribution in [1.82, 2.24) is 25.3 Å². The number of amides is 3. The summed E-state index contributed by atoms with van der Waals surface area (Å²) in [4.78, 5) is 43.6. The molecular weight excluding hydrogens is 719 g/mol. The first-order valence-electron chi connectivity index (χ1n) is 20.3. The summed E-state index contributed by atoms with van der Waals surface area (Å²) in [6, 6.07) is 31.7. The van der Waals surface area contributed by atoms with Crippen molar-refractivity contribution in [2.75, 3.05) is 45.9 Å². The predicted molar refractivity (Wildman–Crippen MR) is 219 cm³/mol. The summed E-state index contributed by atoms with van der Waals surface area (Å²) in [5.41, 5.74) is 7.20. The van der Waals surface area contributed by atoms with Gasteiger partial charge in [0.15, 0.2) is 0 Å². The number of nitrogens with zero attached hydrogens (tertiary/aromatic N) is 3. The number of hydrogen-bond donors (Lipinski definition) is 3. The molecule has 4 aliphatic heterocycles. The molecule has 57 heavy (non-hydrogen) atoms. The lowest BCUT2D eigenvalue weighted by molar-refractivity contribution is -0.136. The van der Waals surface area contributed by atoms with Crippen LogP contribution < -0.4 is 20.1 Å². The van der Waals surface area contributed by atoms with Crippen molar-refractivity contribution in [1.29, 1.82) is 0 Å². The molecule has 3 amide bonds. The Morgan fingerprint density at radius 3 is 2.21 bits per heavy atom. The Hall–Kier alpha value is -5.49. The second-order valence-electron chi connectivity index (χ2n) is 15.3.